The van der Waals surface area contributed by atoms with E-state index < -0.39 is 0 Å². The lowest BCUT2D eigenvalue weighted by Gasteiger charge is -2.11. The first-order valence-corrected chi connectivity index (χ1v) is 8.89. The van der Waals surface area contributed by atoms with Crippen molar-refractivity contribution in [2.24, 2.45) is 10.7 Å². The van der Waals surface area contributed by atoms with Crippen LogP contribution >= 0.6 is 11.8 Å². The van der Waals surface area contributed by atoms with Crippen LogP contribution in [0.2, 0.25) is 0 Å². The van der Waals surface area contributed by atoms with Gasteiger partial charge in [-0.25, -0.2) is 0 Å². The normalized spacial score (nSPS) is 18.2. The molecule has 1 aromatic carbocycles. The Bertz CT molecular complexity index is 569. The molecule has 6 heteroatoms. The highest BCUT2D eigenvalue weighted by Crippen LogP contribution is 2.25. The fourth-order valence-corrected chi connectivity index (χ4v) is 3.08. The number of aliphatic imine (C=N–C) groups is 1. The summed E-state index contributed by atoms with van der Waals surface area (Å²) in [5, 5.41) is 0.538. The van der Waals surface area contributed by atoms with Crippen LogP contribution in [0.1, 0.15) is 42.6 Å². The van der Waals surface area contributed by atoms with Crippen molar-refractivity contribution in [3.63, 3.8) is 0 Å². The molecule has 1 heterocycles. The van der Waals surface area contributed by atoms with Gasteiger partial charge in [-0.2, -0.15) is 0 Å². The fourth-order valence-electron chi connectivity index (χ4n) is 2.39. The van der Waals surface area contributed by atoms with Crippen molar-refractivity contribution in [1.82, 2.24) is 0 Å². The summed E-state index contributed by atoms with van der Waals surface area (Å²) in [6.07, 6.45) is 2.36. The lowest BCUT2D eigenvalue weighted by atomic mass is 10.1. The number of carbonyl (C=O) groups excluding carboxylic acids is 1. The van der Waals surface area contributed by atoms with Gasteiger partial charge in [-0.1, -0.05) is 11.8 Å². The maximum atomic E-state index is 11.5. The summed E-state index contributed by atoms with van der Waals surface area (Å²) in [7, 11) is 0. The van der Waals surface area contributed by atoms with E-state index in [2.05, 4.69) is 4.99 Å². The van der Waals surface area contributed by atoms with Gasteiger partial charge in [0, 0.05) is 23.5 Å². The second-order valence-corrected chi connectivity index (χ2v) is 6.41. The van der Waals surface area contributed by atoms with Gasteiger partial charge in [0.15, 0.2) is 11.0 Å². The second kappa shape index (κ2) is 8.93. The highest BCUT2D eigenvalue weighted by molar-refractivity contribution is 8.13. The van der Waals surface area contributed by atoms with Gasteiger partial charge in [0.2, 0.25) is 0 Å². The number of rotatable bonds is 7. The molecule has 23 heavy (non-hydrogen) atoms. The number of Topliss-reactive ketones (excluding diaryl/α,β-unsaturated/α-hetero) is 1. The summed E-state index contributed by atoms with van der Waals surface area (Å²) < 4.78 is 11.1. The van der Waals surface area contributed by atoms with Crippen molar-refractivity contribution in [3.05, 3.63) is 29.3 Å². The van der Waals surface area contributed by atoms with E-state index >= 15 is 0 Å². The van der Waals surface area contributed by atoms with Crippen LogP contribution in [-0.2, 0) is 10.5 Å². The van der Waals surface area contributed by atoms with Crippen molar-refractivity contribution in [3.8, 4) is 5.75 Å². The molecule has 0 aromatic heterocycles. The van der Waals surface area contributed by atoms with E-state index in [1.165, 1.54) is 11.8 Å². The first-order valence-electron chi connectivity index (χ1n) is 7.91. The minimum Gasteiger partial charge on any atom is -0.494 e. The van der Waals surface area contributed by atoms with Crippen LogP contribution < -0.4 is 10.5 Å². The summed E-state index contributed by atoms with van der Waals surface area (Å²) >= 11 is 1.45. The standard InChI is InChI=1S/C17H24N2O3S/c1-3-21-16-7-6-13(12(2)20)9-14(16)11-23-17(18)19-10-15-5-4-8-22-15/h6-7,9,15H,3-5,8,10-11H2,1-2H3,(H2,18,19)/t15-/m1/s1. The molecule has 1 aromatic rings. The Morgan fingerprint density at radius 2 is 2.35 bits per heavy atom. The van der Waals surface area contributed by atoms with Crippen molar-refractivity contribution in [2.45, 2.75) is 38.5 Å². The Kier molecular flexibility index (Phi) is 6.92. The number of nitrogens with zero attached hydrogens (tertiary/aromatic N) is 1. The molecular formula is C17H24N2O3S. The van der Waals surface area contributed by atoms with Gasteiger partial charge in [0.25, 0.3) is 0 Å². The average Bonchev–Trinajstić information content (AvgIpc) is 3.05. The number of hydrogen-bond donors (Lipinski definition) is 1. The number of amidine groups is 1. The van der Waals surface area contributed by atoms with Gasteiger partial charge in [0.1, 0.15) is 5.75 Å². The summed E-state index contributed by atoms with van der Waals surface area (Å²) in [5.74, 6) is 1.45. The van der Waals surface area contributed by atoms with Gasteiger partial charge in [0.05, 0.1) is 19.3 Å². The van der Waals surface area contributed by atoms with Crippen molar-refractivity contribution in [2.75, 3.05) is 19.8 Å². The van der Waals surface area contributed by atoms with Crippen LogP contribution in [0, 0.1) is 0 Å². The molecule has 1 fully saturated rings. The van der Waals surface area contributed by atoms with Gasteiger partial charge < -0.3 is 15.2 Å². The molecule has 0 spiro atoms. The van der Waals surface area contributed by atoms with E-state index in [1.54, 1.807) is 13.0 Å². The minimum atomic E-state index is 0.0410. The number of ether oxygens (including phenoxy) is 2. The third-order valence-electron chi connectivity index (χ3n) is 3.62. The van der Waals surface area contributed by atoms with Gasteiger partial charge in [-0.05, 0) is 44.9 Å². The minimum absolute atomic E-state index is 0.0410. The third-order valence-corrected chi connectivity index (χ3v) is 4.50. The number of thioether (sulfide) groups is 1. The molecule has 126 valence electrons. The molecule has 1 aliphatic heterocycles. The summed E-state index contributed by atoms with van der Waals surface area (Å²) in [6, 6.07) is 5.50. The van der Waals surface area contributed by atoms with Crippen molar-refractivity contribution in [1.29, 1.82) is 0 Å². The molecule has 5 nitrogen and oxygen atoms in total. The van der Waals surface area contributed by atoms with Crippen LogP contribution in [-0.4, -0.2) is 36.8 Å². The van der Waals surface area contributed by atoms with Crippen LogP contribution in [0.5, 0.6) is 5.75 Å². The van der Waals surface area contributed by atoms with Crippen LogP contribution in [0.4, 0.5) is 0 Å². The van der Waals surface area contributed by atoms with E-state index in [1.807, 2.05) is 19.1 Å². The first-order chi connectivity index (χ1) is 11.1. The van der Waals surface area contributed by atoms with E-state index in [0.29, 0.717) is 29.6 Å². The predicted molar refractivity (Wildman–Crippen MR) is 94.4 cm³/mol. The first kappa shape index (κ1) is 17.8. The maximum Gasteiger partial charge on any atom is 0.159 e. The number of benzene rings is 1. The maximum absolute atomic E-state index is 11.5. The summed E-state index contributed by atoms with van der Waals surface area (Å²) in [4.78, 5) is 15.9. The number of nitrogens with two attached hydrogens (primary N) is 1. The lowest BCUT2D eigenvalue weighted by Crippen LogP contribution is -2.14. The Balaban J connectivity index is 1.98. The van der Waals surface area contributed by atoms with Gasteiger partial charge in [-0.15, -0.1) is 0 Å². The molecule has 0 unspecified atom stereocenters. The Hall–Kier alpha value is -1.53. The smallest absolute Gasteiger partial charge is 0.159 e. The summed E-state index contributed by atoms with van der Waals surface area (Å²) in [5.41, 5.74) is 7.61. The third kappa shape index (κ3) is 5.55. The van der Waals surface area contributed by atoms with Crippen molar-refractivity contribution < 1.29 is 14.3 Å². The predicted octanol–water partition coefficient (Wildman–Crippen LogP) is 3.01. The van der Waals surface area contributed by atoms with E-state index in [0.717, 1.165) is 30.8 Å². The zero-order valence-corrected chi connectivity index (χ0v) is 14.5. The van der Waals surface area contributed by atoms with Gasteiger partial charge in [-0.3, -0.25) is 9.79 Å². The van der Waals surface area contributed by atoms with E-state index in [4.69, 9.17) is 15.2 Å². The van der Waals surface area contributed by atoms with Crippen molar-refractivity contribution >= 4 is 22.7 Å². The Labute approximate surface area is 141 Å². The molecule has 0 aliphatic carbocycles. The average molecular weight is 336 g/mol. The molecule has 1 aliphatic rings. The number of hydrogen-bond acceptors (Lipinski definition) is 5. The molecule has 1 atom stereocenters. The second-order valence-electron chi connectivity index (χ2n) is 5.41. The Morgan fingerprint density at radius 1 is 1.52 bits per heavy atom. The van der Waals surface area contributed by atoms with Crippen LogP contribution in [0.15, 0.2) is 23.2 Å². The van der Waals surface area contributed by atoms with E-state index in [-0.39, 0.29) is 11.9 Å². The molecule has 0 radical (unpaired) electrons. The zero-order valence-electron chi connectivity index (χ0n) is 13.7. The molecule has 0 saturated carbocycles. The molecule has 0 bridgehead atoms. The fraction of sp³-hybridized carbons (Fsp3) is 0.529. The highest BCUT2D eigenvalue weighted by atomic mass is 32.2. The van der Waals surface area contributed by atoms with Crippen LogP contribution in [0.25, 0.3) is 0 Å². The SMILES string of the molecule is CCOc1ccc(C(C)=O)cc1CSC(N)=NC[C@H]1CCCO1. The lowest BCUT2D eigenvalue weighted by molar-refractivity contribution is 0.101. The van der Waals surface area contributed by atoms with Crippen LogP contribution in [0.3, 0.4) is 0 Å². The van der Waals surface area contributed by atoms with Gasteiger partial charge >= 0.3 is 0 Å². The molecular weight excluding hydrogens is 312 g/mol. The molecule has 2 rings (SSSR count). The molecule has 2 N–H and O–H groups in total. The monoisotopic (exact) mass is 336 g/mol. The molecule has 0 amide bonds. The van der Waals surface area contributed by atoms with E-state index in [9.17, 15) is 4.79 Å². The number of carbonyl (C=O) groups is 1. The molecule has 1 saturated heterocycles. The topological polar surface area (TPSA) is 73.9 Å². The number of ketones is 1. The largest absolute Gasteiger partial charge is 0.494 e. The highest BCUT2D eigenvalue weighted by Gasteiger charge is 2.15. The summed E-state index contributed by atoms with van der Waals surface area (Å²) in [6.45, 7) is 5.52. The zero-order chi connectivity index (χ0) is 16.7. The quantitative estimate of drug-likeness (QED) is 0.471. The Morgan fingerprint density at radius 3 is 3.00 bits per heavy atom.